The number of carbonyl (C=O) groups is 2. The Morgan fingerprint density at radius 2 is 1.95 bits per heavy atom. The standard InChI is InChI=1S/C16H27NO5/c1-11(18)22-10-16(5,8-7-13(19)20-6)14-17-12(9-21-14)15(2,3)4/h12H,7-10H2,1-6H3/t12-,16?/m0/s1. The number of esters is 2. The Kier molecular flexibility index (Phi) is 5.97. The van der Waals surface area contributed by atoms with Gasteiger partial charge >= 0.3 is 11.9 Å². The maximum absolute atomic E-state index is 11.4. The first-order valence-electron chi connectivity index (χ1n) is 7.50. The van der Waals surface area contributed by atoms with Crippen LogP contribution in [0.4, 0.5) is 0 Å². The lowest BCUT2D eigenvalue weighted by Crippen LogP contribution is -2.35. The highest BCUT2D eigenvalue weighted by atomic mass is 16.5. The summed E-state index contributed by atoms with van der Waals surface area (Å²) in [5, 5.41) is 0. The van der Waals surface area contributed by atoms with Crippen molar-refractivity contribution in [1.82, 2.24) is 0 Å². The van der Waals surface area contributed by atoms with Crippen LogP contribution in [0, 0.1) is 10.8 Å². The van der Waals surface area contributed by atoms with E-state index < -0.39 is 5.41 Å². The zero-order valence-electron chi connectivity index (χ0n) is 14.4. The molecular formula is C16H27NO5. The van der Waals surface area contributed by atoms with Gasteiger partial charge < -0.3 is 14.2 Å². The number of rotatable bonds is 6. The Balaban J connectivity index is 2.89. The number of carbonyl (C=O) groups excluding carboxylic acids is 2. The topological polar surface area (TPSA) is 74.2 Å². The van der Waals surface area contributed by atoms with Crippen molar-refractivity contribution in [2.24, 2.45) is 15.8 Å². The van der Waals surface area contributed by atoms with Gasteiger partial charge in [-0.2, -0.15) is 0 Å². The molecule has 0 aliphatic carbocycles. The van der Waals surface area contributed by atoms with E-state index in [2.05, 4.69) is 30.5 Å². The van der Waals surface area contributed by atoms with Crippen LogP contribution in [-0.2, 0) is 23.8 Å². The fourth-order valence-corrected chi connectivity index (χ4v) is 2.13. The van der Waals surface area contributed by atoms with Crippen LogP contribution in [0.25, 0.3) is 0 Å². The van der Waals surface area contributed by atoms with Gasteiger partial charge in [0.15, 0.2) is 5.90 Å². The number of nitrogens with zero attached hydrogens (tertiary/aromatic N) is 1. The van der Waals surface area contributed by atoms with E-state index in [9.17, 15) is 9.59 Å². The van der Waals surface area contributed by atoms with Crippen molar-refractivity contribution in [2.75, 3.05) is 20.3 Å². The molecule has 1 heterocycles. The van der Waals surface area contributed by atoms with Crippen LogP contribution >= 0.6 is 0 Å². The molecule has 22 heavy (non-hydrogen) atoms. The lowest BCUT2D eigenvalue weighted by atomic mass is 9.85. The summed E-state index contributed by atoms with van der Waals surface area (Å²) >= 11 is 0. The first-order valence-corrected chi connectivity index (χ1v) is 7.50. The molecule has 0 fully saturated rings. The third-order valence-corrected chi connectivity index (χ3v) is 3.87. The lowest BCUT2D eigenvalue weighted by Gasteiger charge is -2.27. The predicted octanol–water partition coefficient (Wildman–Crippen LogP) is 2.35. The average molecular weight is 313 g/mol. The Hall–Kier alpha value is -1.59. The summed E-state index contributed by atoms with van der Waals surface area (Å²) in [4.78, 5) is 27.2. The van der Waals surface area contributed by atoms with Gasteiger partial charge in [0.05, 0.1) is 18.6 Å². The van der Waals surface area contributed by atoms with Crippen LogP contribution in [0.3, 0.4) is 0 Å². The molecule has 0 N–H and O–H groups in total. The summed E-state index contributed by atoms with van der Waals surface area (Å²) < 4.78 is 15.6. The van der Waals surface area contributed by atoms with Crippen LogP contribution in [0.15, 0.2) is 4.99 Å². The number of aliphatic imine (C=N–C) groups is 1. The van der Waals surface area contributed by atoms with E-state index in [1.54, 1.807) is 0 Å². The predicted molar refractivity (Wildman–Crippen MR) is 82.6 cm³/mol. The van der Waals surface area contributed by atoms with Gasteiger partial charge in [-0.15, -0.1) is 0 Å². The van der Waals surface area contributed by atoms with Crippen molar-refractivity contribution in [3.8, 4) is 0 Å². The van der Waals surface area contributed by atoms with E-state index in [4.69, 9.17) is 9.47 Å². The summed E-state index contributed by atoms with van der Waals surface area (Å²) in [7, 11) is 1.35. The first kappa shape index (κ1) is 18.5. The number of methoxy groups -OCH3 is 1. The van der Waals surface area contributed by atoms with Crippen LogP contribution in [-0.4, -0.2) is 44.2 Å². The Labute approximate surface area is 132 Å². The average Bonchev–Trinajstić information content (AvgIpc) is 2.93. The number of hydrogen-bond acceptors (Lipinski definition) is 6. The highest BCUT2D eigenvalue weighted by Gasteiger charge is 2.40. The smallest absolute Gasteiger partial charge is 0.305 e. The maximum atomic E-state index is 11.4. The highest BCUT2D eigenvalue weighted by Crippen LogP contribution is 2.34. The molecule has 126 valence electrons. The number of ether oxygens (including phenoxy) is 3. The summed E-state index contributed by atoms with van der Waals surface area (Å²) in [6.07, 6.45) is 0.666. The van der Waals surface area contributed by atoms with Gasteiger partial charge in [0.2, 0.25) is 0 Å². The molecule has 1 unspecified atom stereocenters. The molecule has 2 atom stereocenters. The van der Waals surface area contributed by atoms with Gasteiger partial charge in [-0.25, -0.2) is 4.99 Å². The Morgan fingerprint density at radius 3 is 2.41 bits per heavy atom. The minimum Gasteiger partial charge on any atom is -0.478 e. The second-order valence-corrected chi connectivity index (χ2v) is 7.04. The van der Waals surface area contributed by atoms with Crippen LogP contribution in [0.5, 0.6) is 0 Å². The summed E-state index contributed by atoms with van der Waals surface area (Å²) in [5.74, 6) is -0.118. The highest BCUT2D eigenvalue weighted by molar-refractivity contribution is 5.85. The zero-order chi connectivity index (χ0) is 17.0. The van der Waals surface area contributed by atoms with E-state index in [0.717, 1.165) is 0 Å². The van der Waals surface area contributed by atoms with E-state index in [1.807, 2.05) is 6.92 Å². The Morgan fingerprint density at radius 1 is 1.32 bits per heavy atom. The molecular weight excluding hydrogens is 286 g/mol. The summed E-state index contributed by atoms with van der Waals surface area (Å²) in [6, 6.07) is 0.0530. The molecule has 1 aliphatic heterocycles. The van der Waals surface area contributed by atoms with E-state index in [1.165, 1.54) is 14.0 Å². The monoisotopic (exact) mass is 313 g/mol. The second-order valence-electron chi connectivity index (χ2n) is 7.04. The van der Waals surface area contributed by atoms with Crippen molar-refractivity contribution < 1.29 is 23.8 Å². The molecule has 0 saturated heterocycles. The lowest BCUT2D eigenvalue weighted by molar-refractivity contribution is -0.143. The molecule has 6 heteroatoms. The summed E-state index contributed by atoms with van der Waals surface area (Å²) in [6.45, 7) is 10.2. The molecule has 0 spiro atoms. The minimum absolute atomic E-state index is 0.00750. The van der Waals surface area contributed by atoms with E-state index >= 15 is 0 Å². The third kappa shape index (κ3) is 5.00. The quantitative estimate of drug-likeness (QED) is 0.704. The van der Waals surface area contributed by atoms with Crippen molar-refractivity contribution in [1.29, 1.82) is 0 Å². The summed E-state index contributed by atoms with van der Waals surface area (Å²) in [5.41, 5.74) is -0.633. The molecule has 6 nitrogen and oxygen atoms in total. The molecule has 0 aromatic heterocycles. The van der Waals surface area contributed by atoms with Gasteiger partial charge in [-0.3, -0.25) is 9.59 Å². The van der Waals surface area contributed by atoms with E-state index in [-0.39, 0.29) is 36.4 Å². The molecule has 0 amide bonds. The van der Waals surface area contributed by atoms with Crippen LogP contribution < -0.4 is 0 Å². The molecule has 0 bridgehead atoms. The third-order valence-electron chi connectivity index (χ3n) is 3.87. The van der Waals surface area contributed by atoms with Crippen molar-refractivity contribution >= 4 is 17.8 Å². The van der Waals surface area contributed by atoms with Crippen molar-refractivity contribution in [2.45, 2.75) is 53.5 Å². The minimum atomic E-state index is -0.625. The molecule has 1 aliphatic rings. The molecule has 0 radical (unpaired) electrons. The Bertz CT molecular complexity index is 452. The van der Waals surface area contributed by atoms with Crippen molar-refractivity contribution in [3.63, 3.8) is 0 Å². The number of hydrogen-bond donors (Lipinski definition) is 0. The fourth-order valence-electron chi connectivity index (χ4n) is 2.13. The SMILES string of the molecule is COC(=O)CCC(C)(COC(C)=O)C1=N[C@H](C(C)(C)C)CO1. The van der Waals surface area contributed by atoms with E-state index in [0.29, 0.717) is 18.9 Å². The molecule has 0 aromatic rings. The van der Waals surface area contributed by atoms with Crippen molar-refractivity contribution in [3.05, 3.63) is 0 Å². The largest absolute Gasteiger partial charge is 0.478 e. The first-order chi connectivity index (χ1) is 10.1. The normalized spacial score (nSPS) is 20.6. The fraction of sp³-hybridized carbons (Fsp3) is 0.812. The van der Waals surface area contributed by atoms with Gasteiger partial charge in [0.1, 0.15) is 13.2 Å². The maximum Gasteiger partial charge on any atom is 0.305 e. The second kappa shape index (κ2) is 7.11. The molecule has 0 aromatic carbocycles. The van der Waals surface area contributed by atoms with Gasteiger partial charge in [0, 0.05) is 13.3 Å². The van der Waals surface area contributed by atoms with Crippen LogP contribution in [0.2, 0.25) is 0 Å². The van der Waals surface area contributed by atoms with Gasteiger partial charge in [-0.1, -0.05) is 20.8 Å². The molecule has 0 saturated carbocycles. The van der Waals surface area contributed by atoms with Gasteiger partial charge in [-0.05, 0) is 18.8 Å². The van der Waals surface area contributed by atoms with Crippen LogP contribution in [0.1, 0.15) is 47.5 Å². The zero-order valence-corrected chi connectivity index (χ0v) is 14.4. The van der Waals surface area contributed by atoms with Gasteiger partial charge in [0.25, 0.3) is 0 Å². The molecule has 1 rings (SSSR count).